The lowest BCUT2D eigenvalue weighted by atomic mass is 10.1. The summed E-state index contributed by atoms with van der Waals surface area (Å²) in [6, 6.07) is 9.56. The Hall–Kier alpha value is -2.37. The summed E-state index contributed by atoms with van der Waals surface area (Å²) in [6.45, 7) is -0.405. The van der Waals surface area contributed by atoms with E-state index in [2.05, 4.69) is 5.32 Å². The van der Waals surface area contributed by atoms with Gasteiger partial charge in [0.1, 0.15) is 0 Å². The number of ether oxygens (including phenoxy) is 1. The number of nitrogens with one attached hydrogen (secondary N) is 1. The first kappa shape index (κ1) is 16.7. The predicted molar refractivity (Wildman–Crippen MR) is 77.4 cm³/mol. The Labute approximate surface area is 124 Å². The highest BCUT2D eigenvalue weighted by atomic mass is 16.5. The Morgan fingerprint density at radius 2 is 1.86 bits per heavy atom. The van der Waals surface area contributed by atoms with E-state index in [0.29, 0.717) is 6.42 Å². The highest BCUT2D eigenvalue weighted by Crippen LogP contribution is 2.03. The molecule has 0 saturated carbocycles. The van der Waals surface area contributed by atoms with Crippen LogP contribution in [0.25, 0.3) is 0 Å². The number of likely N-dealkylation sites (N-methyl/N-ethyl adjacent to an activating group) is 2. The smallest absolute Gasteiger partial charge is 0.306 e. The Kier molecular flexibility index (Phi) is 6.94. The van der Waals surface area contributed by atoms with Gasteiger partial charge in [-0.2, -0.15) is 0 Å². The maximum Gasteiger partial charge on any atom is 0.306 e. The molecular weight excluding hydrogens is 272 g/mol. The van der Waals surface area contributed by atoms with E-state index in [-0.39, 0.29) is 25.5 Å². The minimum atomic E-state index is -0.430. The average molecular weight is 292 g/mol. The van der Waals surface area contributed by atoms with Crippen molar-refractivity contribution in [1.29, 1.82) is 0 Å². The van der Waals surface area contributed by atoms with Crippen molar-refractivity contribution in [3.05, 3.63) is 35.9 Å². The number of rotatable bonds is 7. The summed E-state index contributed by atoms with van der Waals surface area (Å²) in [5.41, 5.74) is 1.04. The Morgan fingerprint density at radius 3 is 2.48 bits per heavy atom. The molecule has 0 aliphatic rings. The number of hydrogen-bond donors (Lipinski definition) is 1. The minimum Gasteiger partial charge on any atom is -0.456 e. The molecule has 1 rings (SSSR count). The van der Waals surface area contributed by atoms with Gasteiger partial charge in [-0.3, -0.25) is 14.4 Å². The first-order chi connectivity index (χ1) is 10.0. The molecule has 2 amide bonds. The number of nitrogens with zero attached hydrogens (tertiary/aromatic N) is 1. The lowest BCUT2D eigenvalue weighted by molar-refractivity contribution is -0.151. The zero-order chi connectivity index (χ0) is 15.7. The van der Waals surface area contributed by atoms with E-state index in [1.54, 1.807) is 0 Å². The van der Waals surface area contributed by atoms with Crippen LogP contribution in [0.15, 0.2) is 30.3 Å². The minimum absolute atomic E-state index is 0.0586. The summed E-state index contributed by atoms with van der Waals surface area (Å²) >= 11 is 0. The molecule has 1 aromatic carbocycles. The van der Waals surface area contributed by atoms with Gasteiger partial charge in [-0.05, 0) is 12.0 Å². The fourth-order valence-corrected chi connectivity index (χ4v) is 1.60. The third-order valence-electron chi connectivity index (χ3n) is 2.90. The third-order valence-corrected chi connectivity index (χ3v) is 2.90. The average Bonchev–Trinajstić information content (AvgIpc) is 2.51. The molecule has 6 nitrogen and oxygen atoms in total. The first-order valence-corrected chi connectivity index (χ1v) is 6.67. The molecule has 0 radical (unpaired) electrons. The van der Waals surface area contributed by atoms with Gasteiger partial charge in [0.25, 0.3) is 5.91 Å². The van der Waals surface area contributed by atoms with E-state index < -0.39 is 11.9 Å². The molecule has 0 aliphatic carbocycles. The third kappa shape index (κ3) is 6.56. The molecule has 6 heteroatoms. The molecule has 1 N–H and O–H groups in total. The summed E-state index contributed by atoms with van der Waals surface area (Å²) < 4.78 is 4.90. The number of carbonyl (C=O) groups is 3. The first-order valence-electron chi connectivity index (χ1n) is 6.67. The number of carbonyl (C=O) groups excluding carboxylic acids is 3. The van der Waals surface area contributed by atoms with Gasteiger partial charge in [-0.15, -0.1) is 0 Å². The largest absolute Gasteiger partial charge is 0.456 e. The molecule has 0 atom stereocenters. The zero-order valence-corrected chi connectivity index (χ0v) is 12.3. The van der Waals surface area contributed by atoms with Gasteiger partial charge in [-0.25, -0.2) is 0 Å². The Balaban J connectivity index is 2.26. The van der Waals surface area contributed by atoms with Crippen molar-refractivity contribution < 1.29 is 19.1 Å². The van der Waals surface area contributed by atoms with E-state index in [9.17, 15) is 14.4 Å². The van der Waals surface area contributed by atoms with Crippen LogP contribution in [0.2, 0.25) is 0 Å². The van der Waals surface area contributed by atoms with Gasteiger partial charge in [0.05, 0.1) is 6.54 Å². The van der Waals surface area contributed by atoms with E-state index in [0.717, 1.165) is 5.56 Å². The highest BCUT2D eigenvalue weighted by molar-refractivity contribution is 5.86. The fraction of sp³-hybridized carbons (Fsp3) is 0.400. The van der Waals surface area contributed by atoms with Crippen LogP contribution in [-0.2, 0) is 25.5 Å². The number of hydrogen-bond acceptors (Lipinski definition) is 4. The maximum absolute atomic E-state index is 11.6. The topological polar surface area (TPSA) is 75.7 Å². The summed E-state index contributed by atoms with van der Waals surface area (Å²) in [7, 11) is 2.97. The van der Waals surface area contributed by atoms with Gasteiger partial charge in [0, 0.05) is 20.5 Å². The van der Waals surface area contributed by atoms with Gasteiger partial charge in [0.15, 0.2) is 6.61 Å². The molecule has 0 bridgehead atoms. The van der Waals surface area contributed by atoms with E-state index in [1.165, 1.54) is 19.0 Å². The number of amides is 2. The van der Waals surface area contributed by atoms with Crippen LogP contribution in [0.1, 0.15) is 12.0 Å². The van der Waals surface area contributed by atoms with Crippen molar-refractivity contribution in [3.63, 3.8) is 0 Å². The maximum atomic E-state index is 11.6. The molecule has 0 heterocycles. The van der Waals surface area contributed by atoms with Crippen LogP contribution < -0.4 is 5.32 Å². The molecule has 0 saturated heterocycles. The number of benzene rings is 1. The van der Waals surface area contributed by atoms with Gasteiger partial charge in [-0.1, -0.05) is 30.3 Å². The second-order valence-electron chi connectivity index (χ2n) is 4.57. The van der Waals surface area contributed by atoms with E-state index >= 15 is 0 Å². The van der Waals surface area contributed by atoms with Crippen LogP contribution in [0, 0.1) is 0 Å². The highest BCUT2D eigenvalue weighted by Gasteiger charge is 2.14. The molecule has 0 aromatic heterocycles. The molecule has 1 aromatic rings. The number of esters is 1. The van der Waals surface area contributed by atoms with Gasteiger partial charge in [0.2, 0.25) is 5.91 Å². The summed E-state index contributed by atoms with van der Waals surface area (Å²) in [4.78, 5) is 35.5. The quantitative estimate of drug-likeness (QED) is 0.737. The van der Waals surface area contributed by atoms with Crippen LogP contribution in [0.4, 0.5) is 0 Å². The summed E-state index contributed by atoms with van der Waals surface area (Å²) in [5, 5.41) is 2.41. The fourth-order valence-electron chi connectivity index (χ4n) is 1.60. The predicted octanol–water partition coefficient (Wildman–Crippen LogP) is 0.367. The van der Waals surface area contributed by atoms with Crippen molar-refractivity contribution in [1.82, 2.24) is 10.2 Å². The Morgan fingerprint density at radius 1 is 1.19 bits per heavy atom. The van der Waals surface area contributed by atoms with Gasteiger partial charge < -0.3 is 15.0 Å². The van der Waals surface area contributed by atoms with Crippen molar-refractivity contribution in [3.8, 4) is 0 Å². The van der Waals surface area contributed by atoms with Crippen LogP contribution >= 0.6 is 0 Å². The summed E-state index contributed by atoms with van der Waals surface area (Å²) in [6.07, 6.45) is 0.790. The summed E-state index contributed by atoms with van der Waals surface area (Å²) in [5.74, 6) is -1.12. The second kappa shape index (κ2) is 8.73. The lowest BCUT2D eigenvalue weighted by Gasteiger charge is -2.15. The van der Waals surface area contributed by atoms with Gasteiger partial charge >= 0.3 is 5.97 Å². The SMILES string of the molecule is CNC(=O)CN(C)C(=O)COC(=O)CCc1ccccc1. The molecule has 0 unspecified atom stereocenters. The standard InChI is InChI=1S/C15H20N2O4/c1-16-13(18)10-17(2)14(19)11-21-15(20)9-8-12-6-4-3-5-7-12/h3-7H,8-11H2,1-2H3,(H,16,18). The van der Waals surface area contributed by atoms with Crippen molar-refractivity contribution in [2.75, 3.05) is 27.2 Å². The second-order valence-corrected chi connectivity index (χ2v) is 4.57. The molecule has 0 aliphatic heterocycles. The van der Waals surface area contributed by atoms with Crippen molar-refractivity contribution in [2.24, 2.45) is 0 Å². The zero-order valence-electron chi connectivity index (χ0n) is 12.3. The lowest BCUT2D eigenvalue weighted by Crippen LogP contribution is -2.39. The Bertz CT molecular complexity index is 488. The van der Waals surface area contributed by atoms with Crippen LogP contribution in [0.5, 0.6) is 0 Å². The molecule has 114 valence electrons. The molecule has 0 fully saturated rings. The van der Waals surface area contributed by atoms with Crippen LogP contribution in [0.3, 0.4) is 0 Å². The normalized spacial score (nSPS) is 9.81. The number of aryl methyl sites for hydroxylation is 1. The van der Waals surface area contributed by atoms with Crippen molar-refractivity contribution >= 4 is 17.8 Å². The van der Waals surface area contributed by atoms with E-state index in [1.807, 2.05) is 30.3 Å². The molecule has 0 spiro atoms. The molecular formula is C15H20N2O4. The van der Waals surface area contributed by atoms with Crippen LogP contribution in [-0.4, -0.2) is 49.9 Å². The molecule has 21 heavy (non-hydrogen) atoms. The monoisotopic (exact) mass is 292 g/mol. The van der Waals surface area contributed by atoms with Crippen molar-refractivity contribution in [2.45, 2.75) is 12.8 Å². The van der Waals surface area contributed by atoms with E-state index in [4.69, 9.17) is 4.74 Å².